The van der Waals surface area contributed by atoms with Crippen LogP contribution in [0.3, 0.4) is 0 Å². The average molecular weight is 452 g/mol. The maximum Gasteiger partial charge on any atom is 0.223 e. The summed E-state index contributed by atoms with van der Waals surface area (Å²) in [7, 11) is 0. The number of rotatable bonds is 7. The van der Waals surface area contributed by atoms with Crippen molar-refractivity contribution in [3.05, 3.63) is 58.8 Å². The third-order valence-corrected chi connectivity index (χ3v) is 6.85. The van der Waals surface area contributed by atoms with Crippen LogP contribution in [0.5, 0.6) is 0 Å². The van der Waals surface area contributed by atoms with E-state index >= 15 is 0 Å². The lowest BCUT2D eigenvalue weighted by Gasteiger charge is -2.30. The number of amides is 1. The Kier molecular flexibility index (Phi) is 5.97. The molecule has 1 N–H and O–H groups in total. The van der Waals surface area contributed by atoms with E-state index in [1.807, 2.05) is 35.9 Å². The van der Waals surface area contributed by atoms with Crippen LogP contribution in [-0.4, -0.2) is 44.3 Å². The molecule has 0 spiro atoms. The molecule has 1 aliphatic heterocycles. The first-order chi connectivity index (χ1) is 15.6. The summed E-state index contributed by atoms with van der Waals surface area (Å²) >= 11 is 5.86. The molecule has 2 aliphatic rings. The van der Waals surface area contributed by atoms with Crippen LogP contribution in [0.25, 0.3) is 11.4 Å². The Balaban J connectivity index is 1.33. The molecule has 1 aromatic carbocycles. The zero-order valence-corrected chi connectivity index (χ0v) is 19.2. The van der Waals surface area contributed by atoms with Crippen LogP contribution in [0, 0.1) is 17.6 Å². The number of carbonyl (C=O) groups is 1. The molecule has 0 atom stereocenters. The lowest BCUT2D eigenvalue weighted by atomic mass is 9.96. The molecule has 7 nitrogen and oxygen atoms in total. The summed E-state index contributed by atoms with van der Waals surface area (Å²) in [5, 5.41) is 8.05. The second-order valence-corrected chi connectivity index (χ2v) is 9.25. The molecule has 0 unspecified atom stereocenters. The van der Waals surface area contributed by atoms with E-state index in [9.17, 15) is 4.79 Å². The first kappa shape index (κ1) is 21.2. The summed E-state index contributed by atoms with van der Waals surface area (Å²) < 4.78 is 10.2. The fourth-order valence-corrected chi connectivity index (χ4v) is 4.58. The Morgan fingerprint density at radius 1 is 1.16 bits per heavy atom. The van der Waals surface area contributed by atoms with E-state index in [4.69, 9.17) is 21.7 Å². The largest absolute Gasteiger partial charge is 0.469 e. The molecule has 2 fully saturated rings. The molecule has 1 aliphatic carbocycles. The van der Waals surface area contributed by atoms with Gasteiger partial charge in [0.25, 0.3) is 0 Å². The van der Waals surface area contributed by atoms with Crippen molar-refractivity contribution >= 4 is 18.1 Å². The van der Waals surface area contributed by atoms with Crippen molar-refractivity contribution in [3.63, 3.8) is 0 Å². The molecule has 1 amide bonds. The number of furan rings is 1. The van der Waals surface area contributed by atoms with Gasteiger partial charge in [-0.15, -0.1) is 0 Å². The van der Waals surface area contributed by atoms with Crippen LogP contribution in [0.4, 0.5) is 0 Å². The number of aromatic nitrogens is 3. The van der Waals surface area contributed by atoms with Gasteiger partial charge in [0.2, 0.25) is 5.91 Å². The first-order valence-electron chi connectivity index (χ1n) is 11.4. The van der Waals surface area contributed by atoms with E-state index in [2.05, 4.69) is 26.9 Å². The van der Waals surface area contributed by atoms with Crippen LogP contribution in [0.2, 0.25) is 0 Å². The summed E-state index contributed by atoms with van der Waals surface area (Å²) in [6.07, 6.45) is 5.71. The number of nitrogens with one attached hydrogen (secondary N) is 1. The predicted molar refractivity (Wildman–Crippen MR) is 124 cm³/mol. The zero-order valence-electron chi connectivity index (χ0n) is 18.4. The van der Waals surface area contributed by atoms with Gasteiger partial charge in [-0.2, -0.15) is 5.10 Å². The van der Waals surface area contributed by atoms with Gasteiger partial charge in [-0.25, -0.2) is 4.68 Å². The second kappa shape index (κ2) is 9.03. The quantitative estimate of drug-likeness (QED) is 0.551. The maximum atomic E-state index is 12.4. The molecule has 3 aromatic rings. The number of nitrogens with zero attached hydrogens (tertiary/aromatic N) is 4. The highest BCUT2D eigenvalue weighted by molar-refractivity contribution is 7.71. The van der Waals surface area contributed by atoms with E-state index in [1.54, 1.807) is 6.26 Å². The molecule has 5 rings (SSSR count). The Labute approximate surface area is 193 Å². The van der Waals surface area contributed by atoms with Crippen LogP contribution in [0.15, 0.2) is 47.1 Å². The molecule has 168 valence electrons. The number of likely N-dealkylation sites (tertiary alicyclic amines) is 1. The van der Waals surface area contributed by atoms with E-state index in [-0.39, 0.29) is 11.8 Å². The molecule has 0 radical (unpaired) electrons. The average Bonchev–Trinajstić information content (AvgIpc) is 3.45. The summed E-state index contributed by atoms with van der Waals surface area (Å²) in [6.45, 7) is 4.97. The highest BCUT2D eigenvalue weighted by atomic mass is 32.1. The third-order valence-electron chi connectivity index (χ3n) is 6.42. The van der Waals surface area contributed by atoms with Crippen molar-refractivity contribution in [1.82, 2.24) is 24.6 Å². The lowest BCUT2D eigenvalue weighted by Crippen LogP contribution is -2.41. The standard InChI is InChI=1S/C24H29N5O2S/c1-17-21(11-14-31-17)22-26-29(24(32)28(22)15-18-5-3-2-4-6-18)16-27-12-9-19(10-13-27)23(30)25-20-7-8-20/h2-6,11,14,19-20H,7-10,12-13,15-16H2,1H3,(H,25,30). The highest BCUT2D eigenvalue weighted by Crippen LogP contribution is 2.26. The van der Waals surface area contributed by atoms with Crippen LogP contribution in [0.1, 0.15) is 37.0 Å². The van der Waals surface area contributed by atoms with Gasteiger partial charge < -0.3 is 9.73 Å². The van der Waals surface area contributed by atoms with Crippen LogP contribution >= 0.6 is 12.2 Å². The Morgan fingerprint density at radius 3 is 2.56 bits per heavy atom. The fraction of sp³-hybridized carbons (Fsp3) is 0.458. The predicted octanol–water partition coefficient (Wildman–Crippen LogP) is 3.98. The van der Waals surface area contributed by atoms with E-state index < -0.39 is 0 Å². The maximum absolute atomic E-state index is 12.4. The SMILES string of the molecule is Cc1occc1-c1nn(CN2CCC(C(=O)NC3CC3)CC2)c(=S)n1Cc1ccccc1. The highest BCUT2D eigenvalue weighted by Gasteiger charge is 2.30. The number of hydrogen-bond donors (Lipinski definition) is 1. The molecule has 3 heterocycles. The summed E-state index contributed by atoms with van der Waals surface area (Å²) in [4.78, 5) is 14.7. The minimum atomic E-state index is 0.125. The number of piperidine rings is 1. The van der Waals surface area contributed by atoms with Gasteiger partial charge in [0.05, 0.1) is 25.0 Å². The van der Waals surface area contributed by atoms with Gasteiger partial charge in [0.15, 0.2) is 10.6 Å². The van der Waals surface area contributed by atoms with Crippen molar-refractivity contribution in [3.8, 4) is 11.4 Å². The van der Waals surface area contributed by atoms with Gasteiger partial charge in [-0.05, 0) is 56.5 Å². The first-order valence-corrected chi connectivity index (χ1v) is 11.8. The van der Waals surface area contributed by atoms with Gasteiger partial charge in [0.1, 0.15) is 5.76 Å². The van der Waals surface area contributed by atoms with Crippen molar-refractivity contribution in [2.75, 3.05) is 13.1 Å². The van der Waals surface area contributed by atoms with Crippen molar-refractivity contribution in [2.24, 2.45) is 5.92 Å². The number of benzene rings is 1. The minimum absolute atomic E-state index is 0.125. The fourth-order valence-electron chi connectivity index (χ4n) is 4.33. The van der Waals surface area contributed by atoms with Gasteiger partial charge in [-0.1, -0.05) is 30.3 Å². The minimum Gasteiger partial charge on any atom is -0.469 e. The molecule has 2 aromatic heterocycles. The van der Waals surface area contributed by atoms with E-state index in [0.29, 0.717) is 24.0 Å². The number of hydrogen-bond acceptors (Lipinski definition) is 5. The normalized spacial score (nSPS) is 17.5. The molecule has 1 saturated carbocycles. The van der Waals surface area contributed by atoms with E-state index in [0.717, 1.165) is 55.9 Å². The van der Waals surface area contributed by atoms with Gasteiger partial charge in [0, 0.05) is 25.0 Å². The Hall–Kier alpha value is -2.71. The number of carbonyl (C=O) groups excluding carboxylic acids is 1. The third kappa shape index (κ3) is 4.56. The molecule has 32 heavy (non-hydrogen) atoms. The Morgan fingerprint density at radius 2 is 1.91 bits per heavy atom. The molecule has 0 bridgehead atoms. The molecule has 1 saturated heterocycles. The zero-order chi connectivity index (χ0) is 22.1. The number of aryl methyl sites for hydroxylation is 1. The monoisotopic (exact) mass is 451 g/mol. The lowest BCUT2D eigenvalue weighted by molar-refractivity contribution is -0.126. The summed E-state index contributed by atoms with van der Waals surface area (Å²) in [6, 6.07) is 12.7. The van der Waals surface area contributed by atoms with Crippen LogP contribution in [-0.2, 0) is 18.0 Å². The smallest absolute Gasteiger partial charge is 0.223 e. The van der Waals surface area contributed by atoms with Gasteiger partial charge in [-0.3, -0.25) is 14.3 Å². The molecular weight excluding hydrogens is 422 g/mol. The topological polar surface area (TPSA) is 68.2 Å². The van der Waals surface area contributed by atoms with Crippen molar-refractivity contribution in [2.45, 2.75) is 51.9 Å². The second-order valence-electron chi connectivity index (χ2n) is 8.88. The van der Waals surface area contributed by atoms with Crippen LogP contribution < -0.4 is 5.32 Å². The van der Waals surface area contributed by atoms with Crippen molar-refractivity contribution in [1.29, 1.82) is 0 Å². The van der Waals surface area contributed by atoms with E-state index in [1.165, 1.54) is 5.56 Å². The summed E-state index contributed by atoms with van der Waals surface area (Å²) in [5.41, 5.74) is 2.13. The summed E-state index contributed by atoms with van der Waals surface area (Å²) in [5.74, 6) is 2.01. The van der Waals surface area contributed by atoms with Gasteiger partial charge >= 0.3 is 0 Å². The molecular formula is C24H29N5O2S. The Bertz CT molecular complexity index is 1140. The van der Waals surface area contributed by atoms with Crippen molar-refractivity contribution < 1.29 is 9.21 Å². The molecule has 8 heteroatoms.